The van der Waals surface area contributed by atoms with Crippen molar-refractivity contribution in [1.29, 1.82) is 0 Å². The maximum Gasteiger partial charge on any atom is 0.247 e. The average molecular weight is 437 g/mol. The summed E-state index contributed by atoms with van der Waals surface area (Å²) in [5, 5.41) is 3.87. The van der Waals surface area contributed by atoms with Crippen molar-refractivity contribution in [2.45, 2.75) is 83.6 Å². The van der Waals surface area contributed by atoms with Gasteiger partial charge in [-0.15, -0.1) is 11.6 Å². The third-order valence-electron chi connectivity index (χ3n) is 5.65. The van der Waals surface area contributed by atoms with Crippen LogP contribution in [0.25, 0.3) is 0 Å². The highest BCUT2D eigenvalue weighted by atomic mass is 35.5. The van der Waals surface area contributed by atoms with Gasteiger partial charge in [0.05, 0.1) is 11.8 Å². The summed E-state index contributed by atoms with van der Waals surface area (Å²) < 4.78 is 6.09. The molecule has 1 saturated carbocycles. The Hall–Kier alpha value is -1.59. The van der Waals surface area contributed by atoms with Crippen LogP contribution in [0, 0.1) is 5.92 Å². The van der Waals surface area contributed by atoms with Gasteiger partial charge in [0.15, 0.2) is 6.73 Å². The summed E-state index contributed by atoms with van der Waals surface area (Å²) in [6.45, 7) is 7.15. The largest absolute Gasteiger partial charge is 0.378 e. The zero-order chi connectivity index (χ0) is 21.8. The average Bonchev–Trinajstić information content (AvgIpc) is 2.98. The summed E-state index contributed by atoms with van der Waals surface area (Å²) in [6.07, 6.45) is 8.07. The van der Waals surface area contributed by atoms with Crippen LogP contribution < -0.4 is 4.90 Å². The second-order valence-electron chi connectivity index (χ2n) is 8.00. The molecule has 0 bridgehead atoms. The maximum atomic E-state index is 12.8. The van der Waals surface area contributed by atoms with Gasteiger partial charge >= 0.3 is 0 Å². The van der Waals surface area contributed by atoms with Crippen molar-refractivity contribution in [3.8, 4) is 0 Å². The number of hydrogen-bond acceptors (Lipinski definition) is 4. The normalized spacial score (nSPS) is 21.8. The van der Waals surface area contributed by atoms with Gasteiger partial charge in [0, 0.05) is 18.7 Å². The first-order valence-electron chi connectivity index (χ1n) is 11.4. The van der Waals surface area contributed by atoms with Crippen molar-refractivity contribution in [3.05, 3.63) is 30.3 Å². The van der Waals surface area contributed by atoms with Gasteiger partial charge in [0.2, 0.25) is 5.91 Å². The molecule has 0 radical (unpaired) electrons. The molecule has 1 aliphatic carbocycles. The third-order valence-corrected chi connectivity index (χ3v) is 6.15. The first-order valence-corrected chi connectivity index (χ1v) is 11.8. The summed E-state index contributed by atoms with van der Waals surface area (Å²) in [6, 6.07) is 9.46. The Morgan fingerprint density at radius 3 is 2.63 bits per heavy atom. The lowest BCUT2D eigenvalue weighted by Crippen LogP contribution is -2.38. The summed E-state index contributed by atoms with van der Waals surface area (Å²) in [5.41, 5.74) is 1.79. The van der Waals surface area contributed by atoms with Crippen LogP contribution in [0.1, 0.15) is 72.1 Å². The van der Waals surface area contributed by atoms with Crippen molar-refractivity contribution in [1.82, 2.24) is 0 Å². The Kier molecular flexibility index (Phi) is 11.2. The zero-order valence-electron chi connectivity index (χ0n) is 18.7. The molecule has 1 aromatic carbocycles. The number of benzene rings is 1. The molecule has 3 unspecified atom stereocenters. The van der Waals surface area contributed by atoms with Crippen molar-refractivity contribution in [2.75, 3.05) is 18.2 Å². The third kappa shape index (κ3) is 7.92. The van der Waals surface area contributed by atoms with E-state index in [2.05, 4.69) is 19.0 Å². The Labute approximate surface area is 186 Å². The van der Waals surface area contributed by atoms with Gasteiger partial charge < -0.3 is 9.57 Å². The topological polar surface area (TPSA) is 51.1 Å². The number of unbranched alkanes of at least 4 members (excludes halogenated alkanes) is 1. The second-order valence-corrected chi connectivity index (χ2v) is 8.53. The fourth-order valence-electron chi connectivity index (χ4n) is 3.66. The van der Waals surface area contributed by atoms with Gasteiger partial charge in [-0.2, -0.15) is 0 Å². The molecular weight excluding hydrogens is 400 g/mol. The number of carbonyl (C=O) groups excluding carboxylic acids is 1. The molecule has 1 amide bonds. The first-order chi connectivity index (χ1) is 14.6. The van der Waals surface area contributed by atoms with Crippen LogP contribution >= 0.6 is 11.6 Å². The molecule has 30 heavy (non-hydrogen) atoms. The number of oxime groups is 1. The summed E-state index contributed by atoms with van der Waals surface area (Å²) in [5.74, 6) is 0.435. The van der Waals surface area contributed by atoms with Crippen LogP contribution in [0.15, 0.2) is 35.5 Å². The van der Waals surface area contributed by atoms with Gasteiger partial charge in [-0.3, -0.25) is 9.69 Å². The molecule has 5 nitrogen and oxygen atoms in total. The van der Waals surface area contributed by atoms with Crippen LogP contribution in [0.3, 0.4) is 0 Å². The Morgan fingerprint density at radius 2 is 1.97 bits per heavy atom. The van der Waals surface area contributed by atoms with Crippen LogP contribution in [-0.4, -0.2) is 36.4 Å². The lowest BCUT2D eigenvalue weighted by atomic mass is 9.97. The molecule has 0 saturated heterocycles. The van der Waals surface area contributed by atoms with Crippen molar-refractivity contribution in [3.63, 3.8) is 0 Å². The lowest BCUT2D eigenvalue weighted by molar-refractivity contribution is -0.119. The maximum absolute atomic E-state index is 12.8. The Bertz CT molecular complexity index is 653. The van der Waals surface area contributed by atoms with E-state index in [-0.39, 0.29) is 18.7 Å². The molecular formula is C24H37ClN2O3. The van der Waals surface area contributed by atoms with E-state index in [1.165, 1.54) is 0 Å². The minimum atomic E-state index is -0.583. The number of hydrogen-bond donors (Lipinski definition) is 0. The fraction of sp³-hybridized carbons (Fsp3) is 0.667. The van der Waals surface area contributed by atoms with Gasteiger partial charge in [-0.25, -0.2) is 0 Å². The summed E-state index contributed by atoms with van der Waals surface area (Å²) in [7, 11) is 0. The minimum Gasteiger partial charge on any atom is -0.378 e. The molecule has 0 spiro atoms. The second kappa shape index (κ2) is 13.7. The molecule has 6 heteroatoms. The van der Waals surface area contributed by atoms with E-state index < -0.39 is 5.38 Å². The van der Waals surface area contributed by atoms with E-state index in [4.69, 9.17) is 21.2 Å². The van der Waals surface area contributed by atoms with Gasteiger partial charge in [-0.05, 0) is 50.2 Å². The van der Waals surface area contributed by atoms with Crippen molar-refractivity contribution in [2.24, 2.45) is 11.1 Å². The first kappa shape index (κ1) is 24.7. The van der Waals surface area contributed by atoms with Crippen LogP contribution in [0.5, 0.6) is 0 Å². The predicted molar refractivity (Wildman–Crippen MR) is 124 cm³/mol. The highest BCUT2D eigenvalue weighted by Gasteiger charge is 2.25. The van der Waals surface area contributed by atoms with E-state index in [0.29, 0.717) is 12.3 Å². The van der Waals surface area contributed by atoms with Crippen molar-refractivity contribution < 1.29 is 14.4 Å². The van der Waals surface area contributed by atoms with Gasteiger partial charge in [-0.1, -0.05) is 57.0 Å². The molecule has 3 atom stereocenters. The molecule has 0 heterocycles. The highest BCUT2D eigenvalue weighted by molar-refractivity contribution is 6.32. The molecule has 0 N–H and O–H groups in total. The molecule has 0 aliphatic heterocycles. The monoisotopic (exact) mass is 436 g/mol. The minimum absolute atomic E-state index is 0.0493. The quantitative estimate of drug-likeness (QED) is 0.137. The van der Waals surface area contributed by atoms with Crippen LogP contribution in [-0.2, 0) is 14.4 Å². The van der Waals surface area contributed by atoms with E-state index >= 15 is 0 Å². The van der Waals surface area contributed by atoms with E-state index in [1.807, 2.05) is 37.3 Å². The number of nitrogens with zero attached hydrogens (tertiary/aromatic N) is 2. The molecule has 1 aliphatic rings. The van der Waals surface area contributed by atoms with Gasteiger partial charge in [0.25, 0.3) is 0 Å². The number of ether oxygens (including phenoxy) is 1. The predicted octanol–water partition coefficient (Wildman–Crippen LogP) is 6.15. The van der Waals surface area contributed by atoms with E-state index in [0.717, 1.165) is 63.0 Å². The fourth-order valence-corrected chi connectivity index (χ4v) is 3.78. The van der Waals surface area contributed by atoms with E-state index in [1.54, 1.807) is 4.90 Å². The zero-order valence-corrected chi connectivity index (χ0v) is 19.4. The number of halogens is 1. The number of rotatable bonds is 11. The Balaban J connectivity index is 2.05. The highest BCUT2D eigenvalue weighted by Crippen LogP contribution is 2.26. The molecule has 1 fully saturated rings. The molecule has 168 valence electrons. The van der Waals surface area contributed by atoms with Crippen LogP contribution in [0.4, 0.5) is 5.69 Å². The SMILES string of the molecule is CCCCOC1CCC(CC)CC(=NOCN(C(=O)C(Cl)CC)c2ccccc2)C1. The van der Waals surface area contributed by atoms with Crippen molar-refractivity contribution >= 4 is 28.9 Å². The number of anilines is 1. The van der Waals surface area contributed by atoms with Crippen LogP contribution in [0.2, 0.25) is 0 Å². The number of carbonyl (C=O) groups is 1. The Morgan fingerprint density at radius 1 is 1.20 bits per heavy atom. The summed E-state index contributed by atoms with van der Waals surface area (Å²) >= 11 is 6.23. The molecule has 1 aromatic rings. The lowest BCUT2D eigenvalue weighted by Gasteiger charge is -2.23. The smallest absolute Gasteiger partial charge is 0.247 e. The molecule has 2 rings (SSSR count). The summed E-state index contributed by atoms with van der Waals surface area (Å²) in [4.78, 5) is 20.0. The van der Waals surface area contributed by atoms with E-state index in [9.17, 15) is 4.79 Å². The standard InChI is InChI=1S/C24H37ClN2O3/c1-4-7-15-29-22-14-13-19(5-2)16-20(17-22)26-30-18-27(24(28)23(25)6-3)21-11-9-8-10-12-21/h8-12,19,22-23H,4-7,13-18H2,1-3H3. The number of amides is 1. The number of para-hydroxylation sites is 1. The number of alkyl halides is 1. The van der Waals surface area contributed by atoms with Gasteiger partial charge in [0.1, 0.15) is 5.38 Å². The molecule has 0 aromatic heterocycles.